The van der Waals surface area contributed by atoms with Gasteiger partial charge in [-0.15, -0.1) is 0 Å². The number of aromatic amines is 1. The van der Waals surface area contributed by atoms with Gasteiger partial charge in [0.15, 0.2) is 0 Å². The molecule has 10 heteroatoms. The Hall–Kier alpha value is -3.82. The molecule has 0 atom stereocenters. The van der Waals surface area contributed by atoms with E-state index in [4.69, 9.17) is 0 Å². The Bertz CT molecular complexity index is 1230. The summed E-state index contributed by atoms with van der Waals surface area (Å²) in [6, 6.07) is 5.10. The van der Waals surface area contributed by atoms with Crippen molar-refractivity contribution >= 4 is 28.5 Å². The van der Waals surface area contributed by atoms with Crippen LogP contribution in [0.1, 0.15) is 37.1 Å². The van der Waals surface area contributed by atoms with Crippen molar-refractivity contribution in [3.63, 3.8) is 0 Å². The molecule has 2 N–H and O–H groups in total. The molecule has 2 amide bonds. The molecule has 0 fully saturated rings. The second-order valence-electron chi connectivity index (χ2n) is 8.10. The van der Waals surface area contributed by atoms with E-state index in [1.807, 2.05) is 6.07 Å². The van der Waals surface area contributed by atoms with Gasteiger partial charge in [0, 0.05) is 32.4 Å². The van der Waals surface area contributed by atoms with Crippen molar-refractivity contribution in [1.82, 2.24) is 24.4 Å². The number of hydrogen-bond donors (Lipinski definition) is 2. The van der Waals surface area contributed by atoms with E-state index < -0.39 is 6.67 Å². The number of nitrogens with zero attached hydrogens (tertiary/aromatic N) is 4. The monoisotopic (exact) mass is 468 g/mol. The zero-order valence-electron chi connectivity index (χ0n) is 19.4. The third kappa shape index (κ3) is 6.60. The molecule has 3 rings (SSSR count). The Morgan fingerprint density at radius 1 is 1.26 bits per heavy atom. The number of rotatable bonds is 11. The lowest BCUT2D eigenvalue weighted by atomic mass is 10.2. The van der Waals surface area contributed by atoms with Crippen LogP contribution in [0.3, 0.4) is 0 Å². The number of carbonyl (C=O) groups is 2. The van der Waals surface area contributed by atoms with Crippen molar-refractivity contribution in [3.05, 3.63) is 64.6 Å². The van der Waals surface area contributed by atoms with Crippen LogP contribution < -0.4 is 10.9 Å². The minimum Gasteiger partial charge on any atom is -0.354 e. The number of unbranched alkanes of at least 4 members (excludes halogenated alkanes) is 1. The Kier molecular flexibility index (Phi) is 8.66. The fraction of sp³-hybridized carbons (Fsp3) is 0.375. The molecule has 9 nitrogen and oxygen atoms in total. The molecule has 0 aliphatic heterocycles. The molecule has 3 heterocycles. The maximum absolute atomic E-state index is 12.9. The summed E-state index contributed by atoms with van der Waals surface area (Å²) in [7, 11) is 3.34. The van der Waals surface area contributed by atoms with Crippen molar-refractivity contribution in [2.75, 3.05) is 26.1 Å². The molecule has 3 aromatic rings. The SMILES string of the molecule is CN(C)C(=O)/C=C/CCCC(=O)Nc1cccn(Cc2cc3ncnc(CCCF)c3[nH]2)c1=O. The minimum atomic E-state index is -0.417. The molecule has 3 aromatic heterocycles. The Morgan fingerprint density at radius 3 is 2.85 bits per heavy atom. The standard InChI is InChI=1S/C24H29FN6O3/c1-30(2)22(33)11-5-3-4-10-21(32)29-19-9-7-13-31(24(19)34)15-17-14-20-23(28-17)18(8-6-12-25)26-16-27-20/h5,7,9,11,13-14,16,28H,3-4,6,8,10,12,15H2,1-2H3,(H,29,32)/b11-5+. The highest BCUT2D eigenvalue weighted by Gasteiger charge is 2.11. The summed E-state index contributed by atoms with van der Waals surface area (Å²) in [6.45, 7) is -0.161. The highest BCUT2D eigenvalue weighted by Crippen LogP contribution is 2.17. The molecule has 0 aliphatic carbocycles. The predicted molar refractivity (Wildman–Crippen MR) is 128 cm³/mol. The highest BCUT2D eigenvalue weighted by atomic mass is 19.1. The largest absolute Gasteiger partial charge is 0.354 e. The molecule has 0 saturated carbocycles. The van der Waals surface area contributed by atoms with Gasteiger partial charge in [-0.2, -0.15) is 0 Å². The van der Waals surface area contributed by atoms with Crippen LogP contribution in [0.15, 0.2) is 47.7 Å². The smallest absolute Gasteiger partial charge is 0.274 e. The molecule has 0 saturated heterocycles. The third-order valence-corrected chi connectivity index (χ3v) is 5.21. The second-order valence-corrected chi connectivity index (χ2v) is 8.10. The van der Waals surface area contributed by atoms with Gasteiger partial charge in [0.1, 0.15) is 12.0 Å². The van der Waals surface area contributed by atoms with E-state index in [2.05, 4.69) is 20.3 Å². The molecular weight excluding hydrogens is 439 g/mol. The maximum atomic E-state index is 12.9. The van der Waals surface area contributed by atoms with Crippen LogP contribution in [0.2, 0.25) is 0 Å². The van der Waals surface area contributed by atoms with Gasteiger partial charge in [0.25, 0.3) is 5.56 Å². The van der Waals surface area contributed by atoms with E-state index in [0.29, 0.717) is 31.2 Å². The minimum absolute atomic E-state index is 0.104. The third-order valence-electron chi connectivity index (χ3n) is 5.21. The first-order chi connectivity index (χ1) is 16.4. The van der Waals surface area contributed by atoms with Crippen LogP contribution in [-0.2, 0) is 22.6 Å². The number of hydrogen-bond acceptors (Lipinski definition) is 5. The topological polar surface area (TPSA) is 113 Å². The van der Waals surface area contributed by atoms with E-state index in [-0.39, 0.29) is 36.0 Å². The maximum Gasteiger partial charge on any atom is 0.274 e. The fourth-order valence-corrected chi connectivity index (χ4v) is 3.42. The molecule has 0 radical (unpaired) electrons. The van der Waals surface area contributed by atoms with Crippen LogP contribution in [-0.4, -0.2) is 57.0 Å². The molecule has 0 spiro atoms. The van der Waals surface area contributed by atoms with Gasteiger partial charge >= 0.3 is 0 Å². The quantitative estimate of drug-likeness (QED) is 0.332. The van der Waals surface area contributed by atoms with Crippen LogP contribution in [0.5, 0.6) is 0 Å². The van der Waals surface area contributed by atoms with Crippen LogP contribution in [0.4, 0.5) is 10.1 Å². The van der Waals surface area contributed by atoms with E-state index in [1.165, 1.54) is 21.9 Å². The number of H-pyrrole nitrogens is 1. The Morgan fingerprint density at radius 2 is 2.09 bits per heavy atom. The van der Waals surface area contributed by atoms with E-state index in [0.717, 1.165) is 16.9 Å². The lowest BCUT2D eigenvalue weighted by Gasteiger charge is -2.08. The van der Waals surface area contributed by atoms with Gasteiger partial charge in [-0.05, 0) is 50.0 Å². The normalized spacial score (nSPS) is 11.3. The number of alkyl halides is 1. The first-order valence-corrected chi connectivity index (χ1v) is 11.1. The zero-order chi connectivity index (χ0) is 24.5. The molecule has 0 aromatic carbocycles. The van der Waals surface area contributed by atoms with Crippen molar-refractivity contribution in [3.8, 4) is 0 Å². The summed E-state index contributed by atoms with van der Waals surface area (Å²) >= 11 is 0. The lowest BCUT2D eigenvalue weighted by Crippen LogP contribution is -2.25. The summed E-state index contributed by atoms with van der Waals surface area (Å²) in [4.78, 5) is 49.8. The summed E-state index contributed by atoms with van der Waals surface area (Å²) in [5, 5.41) is 2.67. The van der Waals surface area contributed by atoms with Crippen molar-refractivity contribution in [1.29, 1.82) is 0 Å². The number of aromatic nitrogens is 4. The second kappa shape index (κ2) is 11.9. The molecule has 0 bridgehead atoms. The molecule has 180 valence electrons. The van der Waals surface area contributed by atoms with E-state index >= 15 is 0 Å². The van der Waals surface area contributed by atoms with E-state index in [9.17, 15) is 18.8 Å². The Balaban J connectivity index is 1.62. The summed E-state index contributed by atoms with van der Waals surface area (Å²) in [5.41, 5.74) is 2.81. The van der Waals surface area contributed by atoms with E-state index in [1.54, 1.807) is 38.5 Å². The number of nitrogens with one attached hydrogen (secondary N) is 2. The van der Waals surface area contributed by atoms with Gasteiger partial charge in [-0.3, -0.25) is 18.8 Å². The Labute approximate surface area is 196 Å². The molecule has 0 aliphatic rings. The number of carbonyl (C=O) groups excluding carboxylic acids is 2. The van der Waals surface area contributed by atoms with Crippen LogP contribution in [0.25, 0.3) is 11.0 Å². The van der Waals surface area contributed by atoms with Gasteiger partial charge in [0.05, 0.1) is 29.9 Å². The zero-order valence-corrected chi connectivity index (χ0v) is 19.4. The number of allylic oxidation sites excluding steroid dienone is 1. The molecular formula is C24H29FN6O3. The average Bonchev–Trinajstić information content (AvgIpc) is 3.23. The summed E-state index contributed by atoms with van der Waals surface area (Å²) in [6.07, 6.45) is 8.57. The number of aryl methyl sites for hydroxylation is 1. The number of anilines is 1. The molecule has 0 unspecified atom stereocenters. The molecule has 34 heavy (non-hydrogen) atoms. The van der Waals surface area contributed by atoms with Crippen molar-refractivity contribution < 1.29 is 14.0 Å². The van der Waals surface area contributed by atoms with Gasteiger partial charge in [0.2, 0.25) is 11.8 Å². The highest BCUT2D eigenvalue weighted by molar-refractivity contribution is 5.90. The van der Waals surface area contributed by atoms with Gasteiger partial charge in [-0.1, -0.05) is 6.08 Å². The van der Waals surface area contributed by atoms with Crippen molar-refractivity contribution in [2.24, 2.45) is 0 Å². The predicted octanol–water partition coefficient (Wildman–Crippen LogP) is 2.82. The first kappa shape index (κ1) is 24.8. The summed E-state index contributed by atoms with van der Waals surface area (Å²) in [5.74, 6) is -0.368. The van der Waals surface area contributed by atoms with Gasteiger partial charge in [-0.25, -0.2) is 9.97 Å². The first-order valence-electron chi connectivity index (χ1n) is 11.1. The lowest BCUT2D eigenvalue weighted by molar-refractivity contribution is -0.123. The number of amides is 2. The fourth-order valence-electron chi connectivity index (χ4n) is 3.42. The number of fused-ring (bicyclic) bond motifs is 1. The number of likely N-dealkylation sites (N-methyl/N-ethyl adjacent to an activating group) is 1. The average molecular weight is 469 g/mol. The van der Waals surface area contributed by atoms with Gasteiger partial charge < -0.3 is 19.8 Å². The summed E-state index contributed by atoms with van der Waals surface area (Å²) < 4.78 is 14.1. The van der Waals surface area contributed by atoms with Crippen LogP contribution >= 0.6 is 0 Å². The van der Waals surface area contributed by atoms with Crippen molar-refractivity contribution in [2.45, 2.75) is 38.6 Å². The number of halogens is 1. The number of pyridine rings is 1. The van der Waals surface area contributed by atoms with Crippen LogP contribution in [0, 0.1) is 0 Å².